The van der Waals surface area contributed by atoms with E-state index >= 15 is 0 Å². The highest BCUT2D eigenvalue weighted by atomic mass is 32.1. The zero-order valence-electron chi connectivity index (χ0n) is 17.9. The van der Waals surface area contributed by atoms with Crippen LogP contribution < -0.4 is 20.1 Å². The molecule has 0 saturated heterocycles. The third kappa shape index (κ3) is 5.23. The SMILES string of the molecule is CCOc1ccc(CNC(=O)c2cccc(NC(=O)c3nnc(C4CC4)s3)c2)cc1OC. The summed E-state index contributed by atoms with van der Waals surface area (Å²) in [5.41, 5.74) is 1.84. The van der Waals surface area contributed by atoms with E-state index in [0.717, 1.165) is 23.4 Å². The summed E-state index contributed by atoms with van der Waals surface area (Å²) in [5, 5.41) is 15.0. The molecule has 3 aromatic rings. The van der Waals surface area contributed by atoms with Gasteiger partial charge in [-0.1, -0.05) is 23.5 Å². The molecule has 8 nitrogen and oxygen atoms in total. The molecule has 32 heavy (non-hydrogen) atoms. The van der Waals surface area contributed by atoms with Crippen LogP contribution in [0.2, 0.25) is 0 Å². The first kappa shape index (κ1) is 21.8. The zero-order valence-corrected chi connectivity index (χ0v) is 18.7. The highest BCUT2D eigenvalue weighted by Gasteiger charge is 2.28. The molecule has 1 aromatic heterocycles. The number of benzene rings is 2. The van der Waals surface area contributed by atoms with Crippen LogP contribution in [0, 0.1) is 0 Å². The lowest BCUT2D eigenvalue weighted by Gasteiger charge is -2.12. The molecule has 1 aliphatic carbocycles. The van der Waals surface area contributed by atoms with Crippen LogP contribution in [0.25, 0.3) is 0 Å². The Kier molecular flexibility index (Phi) is 6.65. The fourth-order valence-corrected chi connectivity index (χ4v) is 4.03. The number of carbonyl (C=O) groups is 2. The highest BCUT2D eigenvalue weighted by molar-refractivity contribution is 7.13. The Morgan fingerprint density at radius 3 is 2.69 bits per heavy atom. The van der Waals surface area contributed by atoms with E-state index in [-0.39, 0.29) is 11.8 Å². The van der Waals surface area contributed by atoms with Crippen molar-refractivity contribution < 1.29 is 19.1 Å². The molecule has 1 aliphatic rings. The second-order valence-electron chi connectivity index (χ2n) is 7.36. The third-order valence-electron chi connectivity index (χ3n) is 4.93. The van der Waals surface area contributed by atoms with Crippen molar-refractivity contribution in [3.05, 3.63) is 63.6 Å². The van der Waals surface area contributed by atoms with Crippen molar-refractivity contribution in [3.63, 3.8) is 0 Å². The molecule has 0 unspecified atom stereocenters. The van der Waals surface area contributed by atoms with E-state index in [0.29, 0.717) is 46.8 Å². The van der Waals surface area contributed by atoms with Gasteiger partial charge in [-0.05, 0) is 55.7 Å². The van der Waals surface area contributed by atoms with E-state index in [4.69, 9.17) is 9.47 Å². The minimum atomic E-state index is -0.326. The molecule has 9 heteroatoms. The number of nitrogens with one attached hydrogen (secondary N) is 2. The van der Waals surface area contributed by atoms with Gasteiger partial charge >= 0.3 is 0 Å². The van der Waals surface area contributed by atoms with Crippen molar-refractivity contribution in [2.24, 2.45) is 0 Å². The van der Waals surface area contributed by atoms with Gasteiger partial charge in [0.25, 0.3) is 11.8 Å². The molecule has 0 bridgehead atoms. The summed E-state index contributed by atoms with van der Waals surface area (Å²) in [7, 11) is 1.58. The smallest absolute Gasteiger partial charge is 0.286 e. The lowest BCUT2D eigenvalue weighted by Crippen LogP contribution is -2.23. The molecule has 0 spiro atoms. The van der Waals surface area contributed by atoms with Gasteiger partial charge in [-0.15, -0.1) is 10.2 Å². The van der Waals surface area contributed by atoms with Gasteiger partial charge in [-0.2, -0.15) is 0 Å². The minimum absolute atomic E-state index is 0.249. The third-order valence-corrected chi connectivity index (χ3v) is 6.01. The van der Waals surface area contributed by atoms with E-state index in [1.165, 1.54) is 11.3 Å². The van der Waals surface area contributed by atoms with Crippen LogP contribution >= 0.6 is 11.3 Å². The number of anilines is 1. The van der Waals surface area contributed by atoms with Gasteiger partial charge in [-0.3, -0.25) is 9.59 Å². The van der Waals surface area contributed by atoms with E-state index in [2.05, 4.69) is 20.8 Å². The maximum absolute atomic E-state index is 12.6. The fourth-order valence-electron chi connectivity index (χ4n) is 3.13. The summed E-state index contributed by atoms with van der Waals surface area (Å²) in [6, 6.07) is 12.3. The fraction of sp³-hybridized carbons (Fsp3) is 0.304. The van der Waals surface area contributed by atoms with Gasteiger partial charge in [-0.25, -0.2) is 0 Å². The normalized spacial score (nSPS) is 12.8. The van der Waals surface area contributed by atoms with Gasteiger partial charge < -0.3 is 20.1 Å². The summed E-state index contributed by atoms with van der Waals surface area (Å²) in [5.74, 6) is 1.16. The largest absolute Gasteiger partial charge is 0.493 e. The number of methoxy groups -OCH3 is 1. The number of carbonyl (C=O) groups excluding carboxylic acids is 2. The highest BCUT2D eigenvalue weighted by Crippen LogP contribution is 2.41. The molecule has 0 aliphatic heterocycles. The minimum Gasteiger partial charge on any atom is -0.493 e. The van der Waals surface area contributed by atoms with Crippen molar-refractivity contribution in [2.75, 3.05) is 19.0 Å². The Balaban J connectivity index is 1.37. The Morgan fingerprint density at radius 1 is 1.09 bits per heavy atom. The first-order chi connectivity index (χ1) is 15.6. The van der Waals surface area contributed by atoms with Crippen LogP contribution in [0.3, 0.4) is 0 Å². The Bertz CT molecular complexity index is 1130. The van der Waals surface area contributed by atoms with Crippen molar-refractivity contribution >= 4 is 28.8 Å². The molecule has 166 valence electrons. The van der Waals surface area contributed by atoms with Gasteiger partial charge in [0.15, 0.2) is 11.5 Å². The van der Waals surface area contributed by atoms with Gasteiger partial charge in [0.1, 0.15) is 5.01 Å². The predicted octanol–water partition coefficient (Wildman–Crippen LogP) is 4.01. The average molecular weight is 453 g/mol. The number of aromatic nitrogens is 2. The molecule has 2 N–H and O–H groups in total. The van der Waals surface area contributed by atoms with E-state index < -0.39 is 0 Å². The molecular formula is C23H24N4O4S. The standard InChI is InChI=1S/C23H24N4O4S/c1-3-31-18-10-7-14(11-19(18)30-2)13-24-20(28)16-5-4-6-17(12-16)25-21(29)23-27-26-22(32-23)15-8-9-15/h4-7,10-12,15H,3,8-9,13H2,1-2H3,(H,24,28)(H,25,29). The molecule has 1 fully saturated rings. The van der Waals surface area contributed by atoms with E-state index in [1.807, 2.05) is 25.1 Å². The monoisotopic (exact) mass is 452 g/mol. The summed E-state index contributed by atoms with van der Waals surface area (Å²) in [4.78, 5) is 25.1. The molecule has 2 aromatic carbocycles. The van der Waals surface area contributed by atoms with Crippen LogP contribution in [0.4, 0.5) is 5.69 Å². The number of amides is 2. The number of hydrogen-bond acceptors (Lipinski definition) is 7. The van der Waals surface area contributed by atoms with Gasteiger partial charge in [0, 0.05) is 23.7 Å². The lowest BCUT2D eigenvalue weighted by molar-refractivity contribution is 0.0949. The maximum Gasteiger partial charge on any atom is 0.286 e. The molecular weight excluding hydrogens is 428 g/mol. The Morgan fingerprint density at radius 2 is 1.94 bits per heavy atom. The van der Waals surface area contributed by atoms with Crippen LogP contribution in [-0.2, 0) is 6.54 Å². The Hall–Kier alpha value is -3.46. The van der Waals surface area contributed by atoms with Crippen molar-refractivity contribution in [1.29, 1.82) is 0 Å². The topological polar surface area (TPSA) is 102 Å². The summed E-state index contributed by atoms with van der Waals surface area (Å²) < 4.78 is 10.9. The average Bonchev–Trinajstić information content (AvgIpc) is 3.54. The molecule has 1 heterocycles. The second kappa shape index (κ2) is 9.78. The molecule has 0 radical (unpaired) electrons. The van der Waals surface area contributed by atoms with E-state index in [1.54, 1.807) is 31.4 Å². The van der Waals surface area contributed by atoms with Crippen molar-refractivity contribution in [3.8, 4) is 11.5 Å². The van der Waals surface area contributed by atoms with Gasteiger partial charge in [0.2, 0.25) is 5.01 Å². The van der Waals surface area contributed by atoms with Gasteiger partial charge in [0.05, 0.1) is 13.7 Å². The summed E-state index contributed by atoms with van der Waals surface area (Å²) in [6.45, 7) is 2.77. The number of rotatable bonds is 9. The van der Waals surface area contributed by atoms with Crippen LogP contribution in [0.1, 0.15) is 56.4 Å². The van der Waals surface area contributed by atoms with Crippen molar-refractivity contribution in [2.45, 2.75) is 32.2 Å². The zero-order chi connectivity index (χ0) is 22.5. The van der Waals surface area contributed by atoms with Crippen LogP contribution in [0.15, 0.2) is 42.5 Å². The van der Waals surface area contributed by atoms with Crippen LogP contribution in [-0.4, -0.2) is 35.7 Å². The quantitative estimate of drug-likeness (QED) is 0.509. The number of ether oxygens (including phenoxy) is 2. The molecule has 2 amide bonds. The number of hydrogen-bond donors (Lipinski definition) is 2. The number of nitrogens with zero attached hydrogens (tertiary/aromatic N) is 2. The summed E-state index contributed by atoms with van der Waals surface area (Å²) in [6.07, 6.45) is 2.22. The van der Waals surface area contributed by atoms with Crippen molar-refractivity contribution in [1.82, 2.24) is 15.5 Å². The first-order valence-corrected chi connectivity index (χ1v) is 11.2. The molecule has 1 saturated carbocycles. The molecule has 0 atom stereocenters. The first-order valence-electron chi connectivity index (χ1n) is 10.4. The van der Waals surface area contributed by atoms with Crippen LogP contribution in [0.5, 0.6) is 11.5 Å². The Labute approximate surface area is 190 Å². The molecule has 4 rings (SSSR count). The lowest BCUT2D eigenvalue weighted by atomic mass is 10.1. The predicted molar refractivity (Wildman–Crippen MR) is 122 cm³/mol. The summed E-state index contributed by atoms with van der Waals surface area (Å²) >= 11 is 1.32. The second-order valence-corrected chi connectivity index (χ2v) is 8.36. The van der Waals surface area contributed by atoms with E-state index in [9.17, 15) is 9.59 Å². The maximum atomic E-state index is 12.6.